The Bertz CT molecular complexity index is 1770. The van der Waals surface area contributed by atoms with Crippen LogP contribution in [-0.2, 0) is 22.6 Å². The summed E-state index contributed by atoms with van der Waals surface area (Å²) < 4.78 is 9.93. The Hall–Kier alpha value is -4.57. The fourth-order valence-electron chi connectivity index (χ4n) is 5.80. The van der Waals surface area contributed by atoms with Crippen molar-refractivity contribution in [3.8, 4) is 11.4 Å². The van der Waals surface area contributed by atoms with E-state index in [0.29, 0.717) is 6.47 Å². The maximum atomic E-state index is 11.1. The van der Waals surface area contributed by atoms with Crippen LogP contribution in [0.15, 0.2) is 97.1 Å². The highest BCUT2D eigenvalue weighted by atomic mass is 16.5. The third-order valence-electron chi connectivity index (χ3n) is 7.23. The summed E-state index contributed by atoms with van der Waals surface area (Å²) in [5.74, 6) is 0. The number of ether oxygens (including phenoxy) is 1. The molecule has 4 heteroatoms. The average molecular weight is 469 g/mol. The van der Waals surface area contributed by atoms with E-state index in [0.717, 1.165) is 40.8 Å². The second-order valence-corrected chi connectivity index (χ2v) is 9.29. The first-order chi connectivity index (χ1) is 17.8. The van der Waals surface area contributed by atoms with Crippen molar-refractivity contribution in [2.24, 2.45) is 0 Å². The summed E-state index contributed by atoms with van der Waals surface area (Å²) in [6, 6.07) is 32.2. The number of hydrogen-bond acceptors (Lipinski definition) is 2. The van der Waals surface area contributed by atoms with Crippen LogP contribution in [0.4, 0.5) is 0 Å². The van der Waals surface area contributed by atoms with E-state index in [4.69, 9.17) is 4.74 Å². The van der Waals surface area contributed by atoms with Crippen LogP contribution in [0.1, 0.15) is 23.2 Å². The molecule has 4 aromatic carbocycles. The van der Waals surface area contributed by atoms with Gasteiger partial charge in [-0.15, -0.1) is 0 Å². The van der Waals surface area contributed by atoms with Gasteiger partial charge in [-0.25, -0.2) is 0 Å². The lowest BCUT2D eigenvalue weighted by molar-refractivity contribution is -0.129. The van der Waals surface area contributed by atoms with Crippen LogP contribution in [-0.4, -0.2) is 15.6 Å². The van der Waals surface area contributed by atoms with E-state index in [2.05, 4.69) is 112 Å². The molecule has 1 aliphatic carbocycles. The van der Waals surface area contributed by atoms with Gasteiger partial charge in [-0.3, -0.25) is 4.79 Å². The summed E-state index contributed by atoms with van der Waals surface area (Å²) in [7, 11) is 0. The highest BCUT2D eigenvalue weighted by Crippen LogP contribution is 2.36. The molecule has 174 valence electrons. The van der Waals surface area contributed by atoms with Crippen molar-refractivity contribution >= 4 is 45.3 Å². The highest BCUT2D eigenvalue weighted by molar-refractivity contribution is 6.09. The molecule has 0 fully saturated rings. The van der Waals surface area contributed by atoms with Crippen molar-refractivity contribution in [1.82, 2.24) is 9.13 Å². The molecule has 7 rings (SSSR count). The maximum absolute atomic E-state index is 11.1. The Labute approximate surface area is 208 Å². The molecule has 0 aliphatic heterocycles. The molecule has 4 nitrogen and oxygen atoms in total. The standard InChI is InChI=1S/C32H24N2O2/c35-21-36-20-22-17-23(33-29-13-5-1-9-25(29)26-10-2-6-14-30(26)33)19-24(18-22)34-31-15-7-3-11-27(31)28-12-4-8-16-32(28)34/h1-7,9-15,17-19,21H,8,16,20H2. The van der Waals surface area contributed by atoms with E-state index in [1.165, 1.54) is 32.9 Å². The number of fused-ring (bicyclic) bond motifs is 6. The van der Waals surface area contributed by atoms with E-state index >= 15 is 0 Å². The molecule has 0 bridgehead atoms. The highest BCUT2D eigenvalue weighted by Gasteiger charge is 2.20. The van der Waals surface area contributed by atoms with Gasteiger partial charge in [0.2, 0.25) is 0 Å². The molecule has 0 N–H and O–H groups in total. The second-order valence-electron chi connectivity index (χ2n) is 9.29. The zero-order valence-electron chi connectivity index (χ0n) is 19.7. The summed E-state index contributed by atoms with van der Waals surface area (Å²) in [5, 5.41) is 3.70. The van der Waals surface area contributed by atoms with E-state index in [1.807, 2.05) is 0 Å². The van der Waals surface area contributed by atoms with Crippen LogP contribution in [0, 0.1) is 0 Å². The van der Waals surface area contributed by atoms with Crippen molar-refractivity contribution < 1.29 is 9.53 Å². The van der Waals surface area contributed by atoms with Gasteiger partial charge in [-0.05, 0) is 54.8 Å². The molecule has 6 aromatic rings. The van der Waals surface area contributed by atoms with Gasteiger partial charge in [-0.1, -0.05) is 66.7 Å². The minimum absolute atomic E-state index is 0.225. The summed E-state index contributed by atoms with van der Waals surface area (Å²) in [6.45, 7) is 0.743. The predicted molar refractivity (Wildman–Crippen MR) is 146 cm³/mol. The SMILES string of the molecule is O=COCc1cc(-n2c3c(c4ccccc42)C=CCC3)cc(-n2c3ccccc3c3ccccc32)c1. The Balaban J connectivity index is 1.55. The smallest absolute Gasteiger partial charge is 0.293 e. The molecular weight excluding hydrogens is 444 g/mol. The van der Waals surface area contributed by atoms with Gasteiger partial charge in [0.05, 0.1) is 16.6 Å². The Morgan fingerprint density at radius 3 is 1.97 bits per heavy atom. The molecular formula is C32H24N2O2. The molecule has 0 atom stereocenters. The van der Waals surface area contributed by atoms with Gasteiger partial charge >= 0.3 is 0 Å². The van der Waals surface area contributed by atoms with Gasteiger partial charge in [-0.2, -0.15) is 0 Å². The molecule has 2 heterocycles. The molecule has 36 heavy (non-hydrogen) atoms. The van der Waals surface area contributed by atoms with Gasteiger partial charge in [0.1, 0.15) is 6.61 Å². The zero-order valence-corrected chi connectivity index (χ0v) is 19.7. The summed E-state index contributed by atoms with van der Waals surface area (Å²) >= 11 is 0. The van der Waals surface area contributed by atoms with Gasteiger partial charge in [0.25, 0.3) is 6.47 Å². The largest absolute Gasteiger partial charge is 0.463 e. The van der Waals surface area contributed by atoms with Crippen molar-refractivity contribution in [3.05, 3.63) is 114 Å². The number of carbonyl (C=O) groups excluding carboxylic acids is 1. The minimum atomic E-state index is 0.225. The lowest BCUT2D eigenvalue weighted by Gasteiger charge is -2.17. The third-order valence-corrected chi connectivity index (χ3v) is 7.23. The molecule has 0 saturated heterocycles. The van der Waals surface area contributed by atoms with Crippen LogP contribution in [0.2, 0.25) is 0 Å². The Morgan fingerprint density at radius 1 is 0.722 bits per heavy atom. The number of aromatic nitrogens is 2. The van der Waals surface area contributed by atoms with Crippen LogP contribution >= 0.6 is 0 Å². The average Bonchev–Trinajstić information content (AvgIpc) is 3.45. The summed E-state index contributed by atoms with van der Waals surface area (Å²) in [4.78, 5) is 11.1. The molecule has 0 amide bonds. The van der Waals surface area contributed by atoms with E-state index < -0.39 is 0 Å². The Morgan fingerprint density at radius 2 is 1.31 bits per heavy atom. The number of rotatable bonds is 5. The van der Waals surface area contributed by atoms with Gasteiger partial charge < -0.3 is 13.9 Å². The number of nitrogens with zero attached hydrogens (tertiary/aromatic N) is 2. The van der Waals surface area contributed by atoms with Gasteiger partial charge in [0, 0.05) is 38.8 Å². The number of carbonyl (C=O) groups is 1. The minimum Gasteiger partial charge on any atom is -0.463 e. The normalized spacial score (nSPS) is 12.9. The molecule has 1 aliphatic rings. The maximum Gasteiger partial charge on any atom is 0.293 e. The lowest BCUT2D eigenvalue weighted by atomic mass is 10.0. The van der Waals surface area contributed by atoms with E-state index in [1.54, 1.807) is 0 Å². The van der Waals surface area contributed by atoms with E-state index in [-0.39, 0.29) is 6.61 Å². The first-order valence-corrected chi connectivity index (χ1v) is 12.3. The van der Waals surface area contributed by atoms with Crippen molar-refractivity contribution in [1.29, 1.82) is 0 Å². The van der Waals surface area contributed by atoms with Crippen molar-refractivity contribution in [2.45, 2.75) is 19.4 Å². The number of benzene rings is 4. The topological polar surface area (TPSA) is 36.2 Å². The lowest BCUT2D eigenvalue weighted by Crippen LogP contribution is -2.06. The molecule has 0 saturated carbocycles. The Kier molecular flexibility index (Phi) is 4.78. The zero-order chi connectivity index (χ0) is 24.1. The van der Waals surface area contributed by atoms with Crippen molar-refractivity contribution in [3.63, 3.8) is 0 Å². The summed E-state index contributed by atoms with van der Waals surface area (Å²) in [6.07, 6.45) is 6.53. The molecule has 2 aromatic heterocycles. The first kappa shape index (κ1) is 20.8. The second kappa shape index (κ2) is 8.28. The van der Waals surface area contributed by atoms with Gasteiger partial charge in [0.15, 0.2) is 0 Å². The third kappa shape index (κ3) is 3.11. The molecule has 0 radical (unpaired) electrons. The number of hydrogen-bond donors (Lipinski definition) is 0. The fraction of sp³-hybridized carbons (Fsp3) is 0.0938. The van der Waals surface area contributed by atoms with E-state index in [9.17, 15) is 4.79 Å². The fourth-order valence-corrected chi connectivity index (χ4v) is 5.80. The monoisotopic (exact) mass is 468 g/mol. The quantitative estimate of drug-likeness (QED) is 0.248. The predicted octanol–water partition coefficient (Wildman–Crippen LogP) is 7.36. The molecule has 0 unspecified atom stereocenters. The number of allylic oxidation sites excluding steroid dienone is 1. The first-order valence-electron chi connectivity index (χ1n) is 12.3. The van der Waals surface area contributed by atoms with Crippen molar-refractivity contribution in [2.75, 3.05) is 0 Å². The molecule has 0 spiro atoms. The number of para-hydroxylation sites is 3. The van der Waals surface area contributed by atoms with Crippen LogP contribution in [0.3, 0.4) is 0 Å². The summed E-state index contributed by atoms with van der Waals surface area (Å²) in [5.41, 5.74) is 9.19. The van der Waals surface area contributed by atoms with Crippen LogP contribution < -0.4 is 0 Å². The van der Waals surface area contributed by atoms with Crippen LogP contribution in [0.5, 0.6) is 0 Å². The van der Waals surface area contributed by atoms with Crippen LogP contribution in [0.25, 0.3) is 50.2 Å².